The zero-order chi connectivity index (χ0) is 19.6. The van der Waals surface area contributed by atoms with Crippen molar-refractivity contribution in [3.63, 3.8) is 0 Å². The van der Waals surface area contributed by atoms with Crippen LogP contribution in [-0.4, -0.2) is 19.3 Å². The molecule has 0 aliphatic carbocycles. The van der Waals surface area contributed by atoms with Crippen molar-refractivity contribution in [1.82, 2.24) is 4.98 Å². The number of anilines is 2. The fourth-order valence-corrected chi connectivity index (χ4v) is 4.56. The van der Waals surface area contributed by atoms with Gasteiger partial charge in [-0.05, 0) is 42.5 Å². The Kier molecular flexibility index (Phi) is 4.81. The van der Waals surface area contributed by atoms with Gasteiger partial charge in [0, 0.05) is 11.3 Å². The van der Waals surface area contributed by atoms with Crippen molar-refractivity contribution < 1.29 is 13.2 Å². The highest BCUT2D eigenvalue weighted by Crippen LogP contribution is 2.26. The van der Waals surface area contributed by atoms with Gasteiger partial charge in [0.05, 0.1) is 15.1 Å². The predicted octanol–water partition coefficient (Wildman–Crippen LogP) is 4.35. The van der Waals surface area contributed by atoms with Crippen LogP contribution in [0.1, 0.15) is 10.4 Å². The van der Waals surface area contributed by atoms with Crippen LogP contribution in [0, 0.1) is 0 Å². The van der Waals surface area contributed by atoms with E-state index in [0.717, 1.165) is 10.2 Å². The maximum Gasteiger partial charge on any atom is 0.261 e. The fraction of sp³-hybridized carbons (Fsp3) is 0. The minimum atomic E-state index is -3.72. The normalized spacial score (nSPS) is 11.3. The van der Waals surface area contributed by atoms with E-state index < -0.39 is 10.0 Å². The number of benzene rings is 3. The van der Waals surface area contributed by atoms with Gasteiger partial charge in [0.25, 0.3) is 15.9 Å². The van der Waals surface area contributed by atoms with E-state index in [-0.39, 0.29) is 10.8 Å². The molecule has 0 aliphatic heterocycles. The lowest BCUT2D eigenvalue weighted by atomic mass is 10.2. The van der Waals surface area contributed by atoms with Gasteiger partial charge in [0.1, 0.15) is 0 Å². The second kappa shape index (κ2) is 7.41. The molecule has 0 saturated heterocycles. The van der Waals surface area contributed by atoms with Crippen molar-refractivity contribution in [2.45, 2.75) is 4.90 Å². The number of carbonyl (C=O) groups excluding carboxylic acids is 1. The molecular formula is C20H15N3O3S2. The third-order valence-electron chi connectivity index (χ3n) is 3.94. The molecule has 0 atom stereocenters. The first-order chi connectivity index (χ1) is 13.5. The molecule has 140 valence electrons. The number of aromatic nitrogens is 1. The van der Waals surface area contributed by atoms with Gasteiger partial charge in [0.15, 0.2) is 5.13 Å². The van der Waals surface area contributed by atoms with Crippen LogP contribution in [0.15, 0.2) is 83.8 Å². The third kappa shape index (κ3) is 3.88. The van der Waals surface area contributed by atoms with Gasteiger partial charge in [0.2, 0.25) is 0 Å². The van der Waals surface area contributed by atoms with E-state index in [0.29, 0.717) is 16.4 Å². The summed E-state index contributed by atoms with van der Waals surface area (Å²) in [6.07, 6.45) is 0. The largest absolute Gasteiger partial charge is 0.298 e. The van der Waals surface area contributed by atoms with Gasteiger partial charge in [-0.2, -0.15) is 0 Å². The van der Waals surface area contributed by atoms with E-state index in [1.54, 1.807) is 36.4 Å². The number of hydrogen-bond donors (Lipinski definition) is 2. The Balaban J connectivity index is 1.54. The second-order valence-electron chi connectivity index (χ2n) is 5.94. The molecule has 0 spiro atoms. The molecule has 0 unspecified atom stereocenters. The molecule has 4 rings (SSSR count). The Labute approximate surface area is 165 Å². The molecule has 1 aromatic heterocycles. The van der Waals surface area contributed by atoms with Gasteiger partial charge < -0.3 is 0 Å². The summed E-state index contributed by atoms with van der Waals surface area (Å²) in [6, 6.07) is 22.0. The molecule has 0 bridgehead atoms. The number of nitrogens with zero attached hydrogens (tertiary/aromatic N) is 1. The quantitative estimate of drug-likeness (QED) is 0.513. The van der Waals surface area contributed by atoms with E-state index in [4.69, 9.17) is 0 Å². The van der Waals surface area contributed by atoms with Gasteiger partial charge in [-0.3, -0.25) is 14.8 Å². The number of amides is 1. The highest BCUT2D eigenvalue weighted by molar-refractivity contribution is 7.92. The van der Waals surface area contributed by atoms with Crippen molar-refractivity contribution >= 4 is 48.3 Å². The lowest BCUT2D eigenvalue weighted by molar-refractivity contribution is 0.102. The molecule has 1 heterocycles. The van der Waals surface area contributed by atoms with Gasteiger partial charge in [-0.25, -0.2) is 13.4 Å². The minimum Gasteiger partial charge on any atom is -0.298 e. The lowest BCUT2D eigenvalue weighted by Crippen LogP contribution is -2.15. The van der Waals surface area contributed by atoms with Gasteiger partial charge in [-0.1, -0.05) is 47.7 Å². The van der Waals surface area contributed by atoms with Crippen molar-refractivity contribution in [2.24, 2.45) is 0 Å². The highest BCUT2D eigenvalue weighted by atomic mass is 32.2. The average molecular weight is 409 g/mol. The van der Waals surface area contributed by atoms with E-state index in [1.165, 1.54) is 29.5 Å². The van der Waals surface area contributed by atoms with E-state index >= 15 is 0 Å². The fourth-order valence-electron chi connectivity index (χ4n) is 2.63. The second-order valence-corrected chi connectivity index (χ2v) is 8.65. The summed E-state index contributed by atoms with van der Waals surface area (Å²) in [5.41, 5.74) is 1.44. The number of hydrogen-bond acceptors (Lipinski definition) is 5. The maximum atomic E-state index is 12.6. The predicted molar refractivity (Wildman–Crippen MR) is 111 cm³/mol. The molecule has 8 heteroatoms. The van der Waals surface area contributed by atoms with Crippen molar-refractivity contribution in [3.8, 4) is 0 Å². The van der Waals surface area contributed by atoms with E-state index in [2.05, 4.69) is 15.0 Å². The summed E-state index contributed by atoms with van der Waals surface area (Å²) in [5.74, 6) is -0.361. The minimum absolute atomic E-state index is 0.152. The lowest BCUT2D eigenvalue weighted by Gasteiger charge is -2.09. The van der Waals surface area contributed by atoms with Crippen LogP contribution in [0.4, 0.5) is 10.8 Å². The topological polar surface area (TPSA) is 88.2 Å². The van der Waals surface area contributed by atoms with E-state index in [9.17, 15) is 13.2 Å². The summed E-state index contributed by atoms with van der Waals surface area (Å²) in [6.45, 7) is 0. The summed E-state index contributed by atoms with van der Waals surface area (Å²) in [4.78, 5) is 17.1. The Morgan fingerprint density at radius 1 is 0.893 bits per heavy atom. The van der Waals surface area contributed by atoms with Gasteiger partial charge in [-0.15, -0.1) is 0 Å². The molecule has 6 nitrogen and oxygen atoms in total. The van der Waals surface area contributed by atoms with Crippen molar-refractivity contribution in [1.29, 1.82) is 0 Å². The molecule has 0 saturated carbocycles. The number of sulfonamides is 1. The number of thiazole rings is 1. The number of para-hydroxylation sites is 1. The number of rotatable bonds is 5. The zero-order valence-corrected chi connectivity index (χ0v) is 16.1. The standard InChI is InChI=1S/C20H15N3O3S2/c24-19(22-20-21-17-11-4-5-12-18(17)27-20)14-7-6-8-15(13-14)23-28(25,26)16-9-2-1-3-10-16/h1-13,23H,(H,21,22,24). The molecule has 0 aliphatic rings. The Hall–Kier alpha value is -3.23. The molecular weight excluding hydrogens is 394 g/mol. The first-order valence-electron chi connectivity index (χ1n) is 8.36. The Morgan fingerprint density at radius 3 is 2.43 bits per heavy atom. The first-order valence-corrected chi connectivity index (χ1v) is 10.7. The smallest absolute Gasteiger partial charge is 0.261 e. The number of carbonyl (C=O) groups is 1. The van der Waals surface area contributed by atoms with Crippen molar-refractivity contribution in [3.05, 3.63) is 84.4 Å². The van der Waals surface area contributed by atoms with Crippen LogP contribution in [0.3, 0.4) is 0 Å². The van der Waals surface area contributed by atoms with E-state index in [1.807, 2.05) is 24.3 Å². The summed E-state index contributed by atoms with van der Waals surface area (Å²) in [7, 11) is -3.72. The molecule has 0 radical (unpaired) electrons. The molecule has 4 aromatic rings. The molecule has 0 fully saturated rings. The van der Waals surface area contributed by atoms with Crippen LogP contribution < -0.4 is 10.0 Å². The SMILES string of the molecule is O=C(Nc1nc2ccccc2s1)c1cccc(NS(=O)(=O)c2ccccc2)c1. The molecule has 2 N–H and O–H groups in total. The van der Waals surface area contributed by atoms with Crippen LogP contribution >= 0.6 is 11.3 Å². The summed E-state index contributed by atoms with van der Waals surface area (Å²) < 4.78 is 28.4. The molecule has 28 heavy (non-hydrogen) atoms. The zero-order valence-electron chi connectivity index (χ0n) is 14.5. The monoisotopic (exact) mass is 409 g/mol. The van der Waals surface area contributed by atoms with Crippen molar-refractivity contribution in [2.75, 3.05) is 10.0 Å². The van der Waals surface area contributed by atoms with Crippen LogP contribution in [0.25, 0.3) is 10.2 Å². The Bertz CT molecular complexity index is 1220. The molecule has 3 aromatic carbocycles. The summed E-state index contributed by atoms with van der Waals surface area (Å²) >= 11 is 1.38. The van der Waals surface area contributed by atoms with Crippen LogP contribution in [0.2, 0.25) is 0 Å². The third-order valence-corrected chi connectivity index (χ3v) is 6.29. The summed E-state index contributed by atoms with van der Waals surface area (Å²) in [5, 5.41) is 3.25. The maximum absolute atomic E-state index is 12.6. The Morgan fingerprint density at radius 2 is 1.64 bits per heavy atom. The van der Waals surface area contributed by atoms with Gasteiger partial charge >= 0.3 is 0 Å². The van der Waals surface area contributed by atoms with Crippen LogP contribution in [-0.2, 0) is 10.0 Å². The average Bonchev–Trinajstić information content (AvgIpc) is 3.11. The number of fused-ring (bicyclic) bond motifs is 1. The first kappa shape index (κ1) is 18.1. The number of nitrogens with one attached hydrogen (secondary N) is 2. The molecule has 1 amide bonds. The highest BCUT2D eigenvalue weighted by Gasteiger charge is 2.15. The van der Waals surface area contributed by atoms with Crippen LogP contribution in [0.5, 0.6) is 0 Å².